The monoisotopic (exact) mass is 477 g/mol. The van der Waals surface area contributed by atoms with Gasteiger partial charge in [0.15, 0.2) is 0 Å². The molecule has 10 heteroatoms. The molecular formula is C22H15ClF3N3O2S. The first-order chi connectivity index (χ1) is 15.2. The van der Waals surface area contributed by atoms with Gasteiger partial charge in [0.1, 0.15) is 0 Å². The fourth-order valence-corrected chi connectivity index (χ4v) is 3.94. The van der Waals surface area contributed by atoms with E-state index >= 15 is 0 Å². The van der Waals surface area contributed by atoms with Crippen LogP contribution in [0.3, 0.4) is 0 Å². The molecule has 0 fully saturated rings. The average Bonchev–Trinajstić information content (AvgIpc) is 3.01. The summed E-state index contributed by atoms with van der Waals surface area (Å²) in [6.07, 6.45) is 2.89. The average molecular weight is 478 g/mol. The zero-order valence-corrected chi connectivity index (χ0v) is 17.8. The molecule has 0 spiro atoms. The first-order valence-electron chi connectivity index (χ1n) is 9.28. The van der Waals surface area contributed by atoms with Crippen molar-refractivity contribution < 1.29 is 18.3 Å². The molecule has 0 saturated heterocycles. The Morgan fingerprint density at radius 1 is 1.06 bits per heavy atom. The lowest BCUT2D eigenvalue weighted by Crippen LogP contribution is -2.23. The Morgan fingerprint density at radius 2 is 1.81 bits per heavy atom. The number of pyridine rings is 1. The minimum absolute atomic E-state index is 0.0152. The van der Waals surface area contributed by atoms with Crippen LogP contribution in [0.2, 0.25) is 5.02 Å². The van der Waals surface area contributed by atoms with Gasteiger partial charge in [-0.1, -0.05) is 23.7 Å². The SMILES string of the molecule is O=c1n(Cc2ccnc(-c3cccc(Cl)c3)c2)cc(O)n1-c1ccc(SC(F)(F)F)cc1. The highest BCUT2D eigenvalue weighted by atomic mass is 35.5. The van der Waals surface area contributed by atoms with E-state index in [1.54, 1.807) is 24.4 Å². The summed E-state index contributed by atoms with van der Waals surface area (Å²) >= 11 is 5.80. The van der Waals surface area contributed by atoms with Gasteiger partial charge in [-0.2, -0.15) is 13.2 Å². The lowest BCUT2D eigenvalue weighted by molar-refractivity contribution is -0.0328. The van der Waals surface area contributed by atoms with Crippen LogP contribution < -0.4 is 5.69 Å². The summed E-state index contributed by atoms with van der Waals surface area (Å²) in [6, 6.07) is 16.0. The Balaban J connectivity index is 1.60. The molecule has 0 aliphatic rings. The number of benzene rings is 2. The maximum atomic E-state index is 12.9. The maximum Gasteiger partial charge on any atom is 0.446 e. The number of hydrogen-bond acceptors (Lipinski definition) is 4. The van der Waals surface area contributed by atoms with Crippen molar-refractivity contribution in [3.05, 3.63) is 94.1 Å². The van der Waals surface area contributed by atoms with Crippen molar-refractivity contribution in [2.45, 2.75) is 16.9 Å². The Bertz CT molecular complexity index is 1320. The molecule has 0 radical (unpaired) electrons. The number of alkyl halides is 3. The Kier molecular flexibility index (Phi) is 6.03. The Labute approximate surface area is 189 Å². The Hall–Kier alpha value is -3.17. The second-order valence-electron chi connectivity index (χ2n) is 6.83. The molecule has 5 nitrogen and oxygen atoms in total. The summed E-state index contributed by atoms with van der Waals surface area (Å²) < 4.78 is 39.9. The predicted octanol–water partition coefficient (Wildman–Crippen LogP) is 5.72. The smallest absolute Gasteiger partial charge is 0.446 e. The van der Waals surface area contributed by atoms with Crippen LogP contribution in [0.15, 0.2) is 82.7 Å². The number of halogens is 4. The van der Waals surface area contributed by atoms with Crippen molar-refractivity contribution in [2.24, 2.45) is 0 Å². The minimum Gasteiger partial charge on any atom is -0.493 e. The molecule has 4 rings (SSSR count). The molecule has 4 aromatic rings. The minimum atomic E-state index is -4.40. The van der Waals surface area contributed by atoms with E-state index in [9.17, 15) is 23.1 Å². The summed E-state index contributed by atoms with van der Waals surface area (Å²) in [5, 5.41) is 10.9. The van der Waals surface area contributed by atoms with Crippen LogP contribution in [0, 0.1) is 0 Å². The zero-order chi connectivity index (χ0) is 22.9. The van der Waals surface area contributed by atoms with Crippen LogP contribution in [0.4, 0.5) is 13.2 Å². The number of rotatable bonds is 5. The molecule has 0 aliphatic heterocycles. The van der Waals surface area contributed by atoms with E-state index in [0.717, 1.165) is 15.7 Å². The van der Waals surface area contributed by atoms with E-state index < -0.39 is 11.2 Å². The van der Waals surface area contributed by atoms with E-state index in [1.165, 1.54) is 35.0 Å². The summed E-state index contributed by atoms with van der Waals surface area (Å²) in [4.78, 5) is 17.2. The first-order valence-corrected chi connectivity index (χ1v) is 10.5. The van der Waals surface area contributed by atoms with E-state index in [-0.39, 0.29) is 34.8 Å². The highest BCUT2D eigenvalue weighted by Gasteiger charge is 2.29. The molecule has 32 heavy (non-hydrogen) atoms. The summed E-state index contributed by atoms with van der Waals surface area (Å²) in [6.45, 7) is 0.164. The fraction of sp³-hybridized carbons (Fsp3) is 0.0909. The van der Waals surface area contributed by atoms with E-state index in [2.05, 4.69) is 4.98 Å². The molecule has 1 N–H and O–H groups in total. The number of thioether (sulfide) groups is 1. The van der Waals surface area contributed by atoms with Gasteiger partial charge in [-0.3, -0.25) is 9.55 Å². The second kappa shape index (κ2) is 8.76. The highest BCUT2D eigenvalue weighted by Crippen LogP contribution is 2.37. The van der Waals surface area contributed by atoms with Gasteiger partial charge < -0.3 is 5.11 Å². The van der Waals surface area contributed by atoms with E-state index in [1.807, 2.05) is 18.2 Å². The van der Waals surface area contributed by atoms with Crippen molar-refractivity contribution in [3.8, 4) is 22.8 Å². The van der Waals surface area contributed by atoms with Gasteiger partial charge in [-0.15, -0.1) is 0 Å². The van der Waals surface area contributed by atoms with Crippen molar-refractivity contribution in [3.63, 3.8) is 0 Å². The van der Waals surface area contributed by atoms with Crippen molar-refractivity contribution >= 4 is 23.4 Å². The maximum absolute atomic E-state index is 12.9. The van der Waals surface area contributed by atoms with Gasteiger partial charge in [0.2, 0.25) is 5.88 Å². The number of imidazole rings is 1. The summed E-state index contributed by atoms with van der Waals surface area (Å²) in [7, 11) is 0. The zero-order valence-electron chi connectivity index (χ0n) is 16.3. The molecule has 0 atom stereocenters. The van der Waals surface area contributed by atoms with Gasteiger partial charge in [-0.05, 0) is 65.9 Å². The third-order valence-electron chi connectivity index (χ3n) is 4.56. The predicted molar refractivity (Wildman–Crippen MR) is 117 cm³/mol. The van der Waals surface area contributed by atoms with Crippen LogP contribution in [0.25, 0.3) is 16.9 Å². The van der Waals surface area contributed by atoms with Gasteiger partial charge in [-0.25, -0.2) is 9.36 Å². The van der Waals surface area contributed by atoms with Crippen molar-refractivity contribution in [1.29, 1.82) is 0 Å². The van der Waals surface area contributed by atoms with Gasteiger partial charge >= 0.3 is 11.2 Å². The van der Waals surface area contributed by atoms with Gasteiger partial charge in [0.25, 0.3) is 0 Å². The molecule has 164 valence electrons. The number of aromatic nitrogens is 3. The molecule has 2 aromatic heterocycles. The first kappa shape index (κ1) is 22.0. The third-order valence-corrected chi connectivity index (χ3v) is 5.54. The quantitative estimate of drug-likeness (QED) is 0.373. The van der Waals surface area contributed by atoms with Crippen LogP contribution in [0.5, 0.6) is 5.88 Å². The summed E-state index contributed by atoms with van der Waals surface area (Å²) in [5.74, 6) is -0.324. The lowest BCUT2D eigenvalue weighted by atomic mass is 10.1. The van der Waals surface area contributed by atoms with Crippen molar-refractivity contribution in [2.75, 3.05) is 0 Å². The summed E-state index contributed by atoms with van der Waals surface area (Å²) in [5.41, 5.74) is -2.40. The van der Waals surface area contributed by atoms with Gasteiger partial charge in [0.05, 0.1) is 24.1 Å². The molecule has 2 heterocycles. The normalized spacial score (nSPS) is 11.6. The number of hydrogen-bond donors (Lipinski definition) is 1. The molecule has 0 aliphatic carbocycles. The van der Waals surface area contributed by atoms with E-state index in [4.69, 9.17) is 11.6 Å². The number of nitrogens with zero attached hydrogens (tertiary/aromatic N) is 3. The largest absolute Gasteiger partial charge is 0.493 e. The molecule has 0 amide bonds. The van der Waals surface area contributed by atoms with Crippen LogP contribution in [0.1, 0.15) is 5.56 Å². The number of aromatic hydroxyl groups is 1. The molecule has 0 unspecified atom stereocenters. The molecular weight excluding hydrogens is 463 g/mol. The molecule has 0 bridgehead atoms. The third kappa shape index (κ3) is 5.00. The van der Waals surface area contributed by atoms with Crippen molar-refractivity contribution in [1.82, 2.24) is 14.1 Å². The fourth-order valence-electron chi connectivity index (χ4n) is 3.21. The van der Waals surface area contributed by atoms with E-state index in [0.29, 0.717) is 10.7 Å². The highest BCUT2D eigenvalue weighted by molar-refractivity contribution is 8.00. The van der Waals surface area contributed by atoms with Crippen LogP contribution in [-0.2, 0) is 6.54 Å². The van der Waals surface area contributed by atoms with Crippen LogP contribution >= 0.6 is 23.4 Å². The topological polar surface area (TPSA) is 60.1 Å². The van der Waals surface area contributed by atoms with Crippen LogP contribution in [-0.4, -0.2) is 24.7 Å². The second-order valence-corrected chi connectivity index (χ2v) is 8.41. The molecule has 0 saturated carbocycles. The standard InChI is InChI=1S/C22H15ClF3N3O2S/c23-16-3-1-2-15(11-16)19-10-14(8-9-27-19)12-28-13-20(30)29(21(28)31)17-4-6-18(7-5-17)32-22(24,25)26/h1-11,13,30H,12H2. The molecule has 2 aromatic carbocycles. The Morgan fingerprint density at radius 3 is 2.50 bits per heavy atom. The lowest BCUT2D eigenvalue weighted by Gasteiger charge is -2.07. The van der Waals surface area contributed by atoms with Gasteiger partial charge in [0, 0.05) is 21.7 Å².